The van der Waals surface area contributed by atoms with Crippen LogP contribution in [0.5, 0.6) is 0 Å². The number of aromatic nitrogens is 4. The lowest BCUT2D eigenvalue weighted by atomic mass is 9.99. The number of benzene rings is 3. The van der Waals surface area contributed by atoms with Crippen molar-refractivity contribution in [3.63, 3.8) is 0 Å². The third-order valence-corrected chi connectivity index (χ3v) is 11.1. The number of nitrogens with zero attached hydrogens (tertiary/aromatic N) is 4. The van der Waals surface area contributed by atoms with E-state index in [0.717, 1.165) is 24.5 Å². The highest BCUT2D eigenvalue weighted by atomic mass is 15.0. The lowest BCUT2D eigenvalue weighted by Crippen LogP contribution is -2.10. The van der Waals surface area contributed by atoms with Gasteiger partial charge in [0.05, 0.1) is 11.4 Å². The SMILES string of the molecule is CCCCC(CC)Cn1c2ccc(C=Cc3ccccn3)cc2c2cc3c(cc21)c1cc(C=Cc2ccccn2)ccc1n3CC(CC)CCCC. The fourth-order valence-corrected chi connectivity index (χ4v) is 7.99. The van der Waals surface area contributed by atoms with Crippen LogP contribution >= 0.6 is 0 Å². The molecule has 3 aromatic carbocycles. The molecule has 4 heterocycles. The number of rotatable bonds is 16. The Labute approximate surface area is 309 Å². The first kappa shape index (κ1) is 35.4. The van der Waals surface area contributed by atoms with Gasteiger partial charge in [-0.15, -0.1) is 0 Å². The Balaban J connectivity index is 1.44. The molecule has 4 aromatic heterocycles. The van der Waals surface area contributed by atoms with Crippen molar-refractivity contribution in [1.29, 1.82) is 0 Å². The third-order valence-electron chi connectivity index (χ3n) is 11.1. The third kappa shape index (κ3) is 7.62. The van der Waals surface area contributed by atoms with Gasteiger partial charge in [0, 0.05) is 69.1 Å². The Hall–Kier alpha value is -4.96. The summed E-state index contributed by atoms with van der Waals surface area (Å²) in [6.07, 6.45) is 22.3. The summed E-state index contributed by atoms with van der Waals surface area (Å²) in [6.45, 7) is 11.4. The molecule has 2 unspecified atom stereocenters. The van der Waals surface area contributed by atoms with E-state index in [1.54, 1.807) is 0 Å². The summed E-state index contributed by atoms with van der Waals surface area (Å²) < 4.78 is 5.29. The molecule has 0 bridgehead atoms. The van der Waals surface area contributed by atoms with E-state index >= 15 is 0 Å². The molecule has 0 amide bonds. The normalized spacial score (nSPS) is 13.5. The van der Waals surface area contributed by atoms with Crippen LogP contribution in [0.15, 0.2) is 97.3 Å². The smallest absolute Gasteiger partial charge is 0.0629 e. The molecule has 7 rings (SSSR count). The second-order valence-electron chi connectivity index (χ2n) is 14.7. The Morgan fingerprint density at radius 2 is 0.942 bits per heavy atom. The Kier molecular flexibility index (Phi) is 11.3. The van der Waals surface area contributed by atoms with Crippen molar-refractivity contribution in [1.82, 2.24) is 19.1 Å². The van der Waals surface area contributed by atoms with Gasteiger partial charge in [-0.25, -0.2) is 0 Å². The molecule has 0 radical (unpaired) electrons. The van der Waals surface area contributed by atoms with Gasteiger partial charge in [0.25, 0.3) is 0 Å². The summed E-state index contributed by atoms with van der Waals surface area (Å²) >= 11 is 0. The van der Waals surface area contributed by atoms with Crippen LogP contribution in [0.2, 0.25) is 0 Å². The summed E-state index contributed by atoms with van der Waals surface area (Å²) in [5.41, 5.74) is 9.69. The van der Waals surface area contributed by atoms with E-state index in [9.17, 15) is 0 Å². The molecule has 0 aliphatic heterocycles. The van der Waals surface area contributed by atoms with Crippen molar-refractivity contribution in [3.05, 3.63) is 120 Å². The maximum atomic E-state index is 4.52. The van der Waals surface area contributed by atoms with Gasteiger partial charge in [0.1, 0.15) is 0 Å². The van der Waals surface area contributed by atoms with Gasteiger partial charge < -0.3 is 9.13 Å². The van der Waals surface area contributed by atoms with Crippen LogP contribution in [0.1, 0.15) is 102 Å². The molecule has 266 valence electrons. The zero-order chi connectivity index (χ0) is 35.9. The van der Waals surface area contributed by atoms with Gasteiger partial charge in [0.2, 0.25) is 0 Å². The maximum absolute atomic E-state index is 4.52. The Morgan fingerprint density at radius 1 is 0.500 bits per heavy atom. The molecule has 0 saturated carbocycles. The second kappa shape index (κ2) is 16.6. The van der Waals surface area contributed by atoms with E-state index in [2.05, 4.69) is 132 Å². The minimum atomic E-state index is 0.645. The number of hydrogen-bond acceptors (Lipinski definition) is 2. The predicted octanol–water partition coefficient (Wildman–Crippen LogP) is 13.5. The molecule has 4 nitrogen and oxygen atoms in total. The maximum Gasteiger partial charge on any atom is 0.0629 e. The van der Waals surface area contributed by atoms with Crippen molar-refractivity contribution < 1.29 is 0 Å². The Bertz CT molecular complexity index is 2140. The van der Waals surface area contributed by atoms with Crippen molar-refractivity contribution in [2.24, 2.45) is 11.8 Å². The summed E-state index contributed by atoms with van der Waals surface area (Å²) in [7, 11) is 0. The van der Waals surface area contributed by atoms with E-state index in [-0.39, 0.29) is 0 Å². The lowest BCUT2D eigenvalue weighted by Gasteiger charge is -2.18. The van der Waals surface area contributed by atoms with Crippen LogP contribution in [-0.2, 0) is 13.1 Å². The fourth-order valence-electron chi connectivity index (χ4n) is 7.99. The van der Waals surface area contributed by atoms with Gasteiger partial charge in [-0.2, -0.15) is 0 Å². The summed E-state index contributed by atoms with van der Waals surface area (Å²) in [5, 5.41) is 5.36. The highest BCUT2D eigenvalue weighted by Crippen LogP contribution is 2.39. The topological polar surface area (TPSA) is 35.6 Å². The number of unbranched alkanes of at least 4 members (excludes halogenated alkanes) is 2. The number of hydrogen-bond donors (Lipinski definition) is 0. The molecule has 4 heteroatoms. The number of fused-ring (bicyclic) bond motifs is 6. The minimum absolute atomic E-state index is 0.645. The highest BCUT2D eigenvalue weighted by molar-refractivity contribution is 6.18. The minimum Gasteiger partial charge on any atom is -0.340 e. The first-order valence-corrected chi connectivity index (χ1v) is 19.8. The second-order valence-corrected chi connectivity index (χ2v) is 14.7. The van der Waals surface area contributed by atoms with Crippen LogP contribution in [0.4, 0.5) is 0 Å². The zero-order valence-electron chi connectivity index (χ0n) is 31.6. The molecule has 0 aliphatic carbocycles. The summed E-state index contributed by atoms with van der Waals surface area (Å²) in [5.74, 6) is 1.29. The van der Waals surface area contributed by atoms with Gasteiger partial charge in [-0.1, -0.05) is 103 Å². The molecular weight excluding hydrogens is 633 g/mol. The first-order chi connectivity index (χ1) is 25.6. The molecule has 0 spiro atoms. The van der Waals surface area contributed by atoms with Crippen molar-refractivity contribution in [2.75, 3.05) is 0 Å². The highest BCUT2D eigenvalue weighted by Gasteiger charge is 2.20. The molecule has 0 saturated heterocycles. The quantitative estimate of drug-likeness (QED) is 0.101. The molecule has 0 aliphatic rings. The molecule has 0 fully saturated rings. The zero-order valence-corrected chi connectivity index (χ0v) is 31.6. The summed E-state index contributed by atoms with van der Waals surface area (Å²) in [6, 6.07) is 31.3. The molecular formula is C48H54N4. The van der Waals surface area contributed by atoms with Gasteiger partial charge in [-0.05, 0) is 109 Å². The van der Waals surface area contributed by atoms with E-state index in [0.29, 0.717) is 11.8 Å². The van der Waals surface area contributed by atoms with Gasteiger partial charge in [0.15, 0.2) is 0 Å². The monoisotopic (exact) mass is 686 g/mol. The molecule has 0 N–H and O–H groups in total. The first-order valence-electron chi connectivity index (χ1n) is 19.8. The van der Waals surface area contributed by atoms with E-state index < -0.39 is 0 Å². The molecule has 2 atom stereocenters. The van der Waals surface area contributed by atoms with Crippen molar-refractivity contribution >= 4 is 67.9 Å². The van der Waals surface area contributed by atoms with Crippen LogP contribution in [0.3, 0.4) is 0 Å². The van der Waals surface area contributed by atoms with Crippen LogP contribution in [-0.4, -0.2) is 19.1 Å². The fraction of sp³-hybridized carbons (Fsp3) is 0.333. The largest absolute Gasteiger partial charge is 0.340 e. The van der Waals surface area contributed by atoms with E-state index in [1.165, 1.54) is 106 Å². The standard InChI is InChI=1S/C48H54N4/c1-5-9-15-35(7-3)33-51-45-25-21-37(19-23-39-17-11-13-27-49-39)29-41(45)43-32-48-44(31-47(43)51)42-30-38(20-24-40-18-12-14-28-50-40)22-26-46(42)52(48)34-36(8-4)16-10-6-2/h11-14,17-32,35-36H,5-10,15-16,33-34H2,1-4H3. The molecule has 7 aromatic rings. The summed E-state index contributed by atoms with van der Waals surface area (Å²) in [4.78, 5) is 9.04. The van der Waals surface area contributed by atoms with Crippen LogP contribution in [0.25, 0.3) is 67.9 Å². The van der Waals surface area contributed by atoms with Crippen molar-refractivity contribution in [3.8, 4) is 0 Å². The van der Waals surface area contributed by atoms with Crippen LogP contribution in [0, 0.1) is 11.8 Å². The average molecular weight is 687 g/mol. The predicted molar refractivity (Wildman–Crippen MR) is 225 cm³/mol. The lowest BCUT2D eigenvalue weighted by molar-refractivity contribution is 0.400. The van der Waals surface area contributed by atoms with Gasteiger partial charge in [-0.3, -0.25) is 9.97 Å². The van der Waals surface area contributed by atoms with Crippen molar-refractivity contribution in [2.45, 2.75) is 92.2 Å². The van der Waals surface area contributed by atoms with Gasteiger partial charge >= 0.3 is 0 Å². The van der Waals surface area contributed by atoms with Crippen LogP contribution < -0.4 is 0 Å². The number of pyridine rings is 2. The average Bonchev–Trinajstić information content (AvgIpc) is 3.66. The Morgan fingerprint density at radius 3 is 1.33 bits per heavy atom. The van der Waals surface area contributed by atoms with E-state index in [4.69, 9.17) is 0 Å². The van der Waals surface area contributed by atoms with E-state index in [1.807, 2.05) is 36.7 Å². The molecule has 52 heavy (non-hydrogen) atoms.